The third-order valence-electron chi connectivity index (χ3n) is 7.69. The molecule has 5 nitrogen and oxygen atoms in total. The molecule has 198 valence electrons. The van der Waals surface area contributed by atoms with Crippen LogP contribution in [0, 0.1) is 0 Å². The molecule has 3 aromatic rings. The van der Waals surface area contributed by atoms with Gasteiger partial charge in [-0.1, -0.05) is 36.2 Å². The van der Waals surface area contributed by atoms with Crippen molar-refractivity contribution in [2.24, 2.45) is 7.05 Å². The molecular weight excluding hydrogens is 517 g/mol. The fraction of sp³-hybridized carbons (Fsp3) is 0.500. The highest BCUT2D eigenvalue weighted by Crippen LogP contribution is 2.33. The summed E-state index contributed by atoms with van der Waals surface area (Å²) in [5.74, 6) is 0.773. The van der Waals surface area contributed by atoms with E-state index in [0.717, 1.165) is 47.0 Å². The number of rotatable bonds is 7. The summed E-state index contributed by atoms with van der Waals surface area (Å²) in [7, 11) is 2.06. The van der Waals surface area contributed by atoms with E-state index in [-0.39, 0.29) is 24.8 Å². The van der Waals surface area contributed by atoms with Crippen molar-refractivity contribution in [3.63, 3.8) is 0 Å². The van der Waals surface area contributed by atoms with Gasteiger partial charge in [0.05, 0.1) is 11.8 Å². The number of hydrogen-bond donors (Lipinski definition) is 1. The highest BCUT2D eigenvalue weighted by atomic mass is 35.5. The Hall–Kier alpha value is -1.47. The van der Waals surface area contributed by atoms with E-state index in [2.05, 4.69) is 33.5 Å². The molecule has 8 heteroatoms. The van der Waals surface area contributed by atoms with Crippen LogP contribution in [0.4, 0.5) is 0 Å². The van der Waals surface area contributed by atoms with Crippen molar-refractivity contribution in [3.05, 3.63) is 64.8 Å². The van der Waals surface area contributed by atoms with Crippen molar-refractivity contribution in [1.82, 2.24) is 14.4 Å². The first kappa shape index (κ1) is 29.1. The van der Waals surface area contributed by atoms with Crippen LogP contribution in [0.1, 0.15) is 49.5 Å². The molecule has 1 unspecified atom stereocenters. The van der Waals surface area contributed by atoms with Gasteiger partial charge in [-0.25, -0.2) is 0 Å². The van der Waals surface area contributed by atoms with E-state index in [9.17, 15) is 5.11 Å². The topological polar surface area (TPSA) is 40.9 Å². The van der Waals surface area contributed by atoms with Crippen LogP contribution >= 0.6 is 36.4 Å². The van der Waals surface area contributed by atoms with Crippen LogP contribution in [0.3, 0.4) is 0 Å². The number of aliphatic hydroxyl groups excluding tert-OH is 1. The van der Waals surface area contributed by atoms with Crippen LogP contribution in [0.25, 0.3) is 10.9 Å². The predicted octanol–water partition coefficient (Wildman–Crippen LogP) is 6.24. The minimum Gasteiger partial charge on any atom is -0.487 e. The van der Waals surface area contributed by atoms with E-state index < -0.39 is 6.10 Å². The summed E-state index contributed by atoms with van der Waals surface area (Å²) >= 11 is 6.02. The minimum atomic E-state index is -0.554. The van der Waals surface area contributed by atoms with Gasteiger partial charge < -0.3 is 24.2 Å². The second-order valence-corrected chi connectivity index (χ2v) is 10.3. The van der Waals surface area contributed by atoms with E-state index in [0.29, 0.717) is 18.2 Å². The number of benzene rings is 2. The highest BCUT2D eigenvalue weighted by molar-refractivity contribution is 6.30. The molecule has 1 aromatic heterocycles. The van der Waals surface area contributed by atoms with E-state index in [1.807, 2.05) is 36.4 Å². The van der Waals surface area contributed by atoms with Gasteiger partial charge in [0.1, 0.15) is 12.4 Å². The Morgan fingerprint density at radius 3 is 2.31 bits per heavy atom. The average molecular weight is 555 g/mol. The van der Waals surface area contributed by atoms with Gasteiger partial charge in [0, 0.05) is 41.1 Å². The van der Waals surface area contributed by atoms with E-state index in [1.54, 1.807) is 0 Å². The molecular formula is C28H38Cl3N3O2. The molecule has 0 amide bonds. The monoisotopic (exact) mass is 553 g/mol. The molecule has 0 saturated carbocycles. The smallest absolute Gasteiger partial charge is 0.129 e. The SMILES string of the molecule is Cl.Cl.Cn1c(COc2ccc(Cl)cc2)c(C(O)CN2CCC(N3CCCCC3)CC2)c2ccccc21. The number of aromatic nitrogens is 1. The van der Waals surface area contributed by atoms with Gasteiger partial charge in [-0.2, -0.15) is 0 Å². The third-order valence-corrected chi connectivity index (χ3v) is 7.94. The molecule has 36 heavy (non-hydrogen) atoms. The molecule has 1 N–H and O–H groups in total. The lowest BCUT2D eigenvalue weighted by molar-refractivity contribution is 0.0599. The Morgan fingerprint density at radius 2 is 1.61 bits per heavy atom. The van der Waals surface area contributed by atoms with Gasteiger partial charge in [-0.15, -0.1) is 24.8 Å². The van der Waals surface area contributed by atoms with Gasteiger partial charge in [-0.3, -0.25) is 0 Å². The maximum atomic E-state index is 11.5. The molecule has 2 aliphatic heterocycles. The molecule has 0 spiro atoms. The number of hydrogen-bond acceptors (Lipinski definition) is 4. The second kappa shape index (κ2) is 13.4. The zero-order chi connectivity index (χ0) is 23.5. The number of para-hydroxylation sites is 1. The van der Waals surface area contributed by atoms with Crippen molar-refractivity contribution in [3.8, 4) is 5.75 Å². The number of aliphatic hydroxyl groups is 1. The van der Waals surface area contributed by atoms with Crippen LogP contribution in [-0.4, -0.2) is 58.2 Å². The van der Waals surface area contributed by atoms with Crippen LogP contribution in [-0.2, 0) is 13.7 Å². The average Bonchev–Trinajstić information content (AvgIpc) is 3.16. The number of halogens is 3. The number of β-amino-alcohol motifs (C(OH)–C–C–N with tert-alkyl or cyclic N) is 1. The molecule has 0 radical (unpaired) electrons. The number of nitrogens with zero attached hydrogens (tertiary/aromatic N) is 3. The standard InChI is InChI=1S/C28H36ClN3O2.2ClH/c1-30-25-8-4-3-7-24(25)28(26(30)20-34-23-11-9-21(29)10-12-23)27(33)19-31-17-13-22(14-18-31)32-15-5-2-6-16-32;;/h3-4,7-12,22,27,33H,2,5-6,13-20H2,1H3;2*1H. The number of piperidine rings is 2. The van der Waals surface area contributed by atoms with E-state index in [1.165, 1.54) is 45.2 Å². The molecule has 3 heterocycles. The minimum absolute atomic E-state index is 0. The maximum absolute atomic E-state index is 11.5. The second-order valence-electron chi connectivity index (χ2n) is 9.82. The maximum Gasteiger partial charge on any atom is 0.129 e. The van der Waals surface area contributed by atoms with Crippen molar-refractivity contribution < 1.29 is 9.84 Å². The van der Waals surface area contributed by atoms with Gasteiger partial charge >= 0.3 is 0 Å². The Bertz CT molecular complexity index is 1090. The third kappa shape index (κ3) is 6.50. The van der Waals surface area contributed by atoms with Crippen LogP contribution < -0.4 is 4.74 Å². The molecule has 5 rings (SSSR count). The normalized spacial score (nSPS) is 18.4. The zero-order valence-corrected chi connectivity index (χ0v) is 23.3. The van der Waals surface area contributed by atoms with Crippen LogP contribution in [0.2, 0.25) is 5.02 Å². The Balaban J connectivity index is 0.00000180. The van der Waals surface area contributed by atoms with Crippen molar-refractivity contribution in [1.29, 1.82) is 0 Å². The summed E-state index contributed by atoms with van der Waals surface area (Å²) in [6.07, 6.45) is 5.93. The Labute approximate surface area is 232 Å². The van der Waals surface area contributed by atoms with Crippen LogP contribution in [0.5, 0.6) is 5.75 Å². The molecule has 2 aliphatic rings. The fourth-order valence-electron chi connectivity index (χ4n) is 5.79. The highest BCUT2D eigenvalue weighted by Gasteiger charge is 2.28. The first-order valence-corrected chi connectivity index (χ1v) is 13.1. The van der Waals surface area contributed by atoms with Gasteiger partial charge in [0.2, 0.25) is 0 Å². The van der Waals surface area contributed by atoms with Gasteiger partial charge in [-0.05, 0) is 82.2 Å². The van der Waals surface area contributed by atoms with Crippen molar-refractivity contribution in [2.45, 2.75) is 50.9 Å². The zero-order valence-electron chi connectivity index (χ0n) is 20.9. The van der Waals surface area contributed by atoms with Gasteiger partial charge in [0.15, 0.2) is 0 Å². The van der Waals surface area contributed by atoms with E-state index >= 15 is 0 Å². The lowest BCUT2D eigenvalue weighted by Crippen LogP contribution is -2.47. The molecule has 1 atom stereocenters. The summed E-state index contributed by atoms with van der Waals surface area (Å²) in [4.78, 5) is 5.14. The van der Waals surface area contributed by atoms with E-state index in [4.69, 9.17) is 16.3 Å². The summed E-state index contributed by atoms with van der Waals surface area (Å²) in [6, 6.07) is 16.5. The summed E-state index contributed by atoms with van der Waals surface area (Å²) < 4.78 is 8.27. The molecule has 2 aromatic carbocycles. The Morgan fingerprint density at radius 1 is 0.944 bits per heavy atom. The molecule has 2 fully saturated rings. The molecule has 2 saturated heterocycles. The van der Waals surface area contributed by atoms with Crippen molar-refractivity contribution >= 4 is 47.3 Å². The number of likely N-dealkylation sites (tertiary alicyclic amines) is 2. The first-order valence-electron chi connectivity index (χ1n) is 12.7. The first-order chi connectivity index (χ1) is 16.6. The lowest BCUT2D eigenvalue weighted by Gasteiger charge is -2.40. The number of aryl methyl sites for hydroxylation is 1. The number of fused-ring (bicyclic) bond motifs is 1. The van der Waals surface area contributed by atoms with Crippen LogP contribution in [0.15, 0.2) is 48.5 Å². The number of ether oxygens (including phenoxy) is 1. The molecule has 0 bridgehead atoms. The predicted molar refractivity (Wildman–Crippen MR) is 153 cm³/mol. The molecule has 0 aliphatic carbocycles. The van der Waals surface area contributed by atoms with Crippen molar-refractivity contribution in [2.75, 3.05) is 32.7 Å². The summed E-state index contributed by atoms with van der Waals surface area (Å²) in [5.41, 5.74) is 3.13. The Kier molecular flexibility index (Phi) is 10.8. The largest absolute Gasteiger partial charge is 0.487 e. The lowest BCUT2D eigenvalue weighted by atomic mass is 9.98. The fourth-order valence-corrected chi connectivity index (χ4v) is 5.92. The summed E-state index contributed by atoms with van der Waals surface area (Å²) in [5, 5.41) is 13.3. The van der Waals surface area contributed by atoms with Gasteiger partial charge in [0.25, 0.3) is 0 Å². The quantitative estimate of drug-likeness (QED) is 0.375. The summed E-state index contributed by atoms with van der Waals surface area (Å²) in [6.45, 7) is 5.70.